The molecule has 1 heterocycles. The highest BCUT2D eigenvalue weighted by Crippen LogP contribution is 2.39. The highest BCUT2D eigenvalue weighted by Gasteiger charge is 2.38. The van der Waals surface area contributed by atoms with Gasteiger partial charge in [0.25, 0.3) is 5.91 Å². The topological polar surface area (TPSA) is 89.4 Å². The van der Waals surface area contributed by atoms with Crippen molar-refractivity contribution in [2.24, 2.45) is 5.10 Å². The molecule has 1 aliphatic rings. The summed E-state index contributed by atoms with van der Waals surface area (Å²) < 4.78 is 17.1. The van der Waals surface area contributed by atoms with Crippen molar-refractivity contribution < 1.29 is 24.1 Å². The maximum atomic E-state index is 12.9. The van der Waals surface area contributed by atoms with E-state index in [1.54, 1.807) is 24.3 Å². The number of carbonyl (C=O) groups excluding carboxylic acids is 1. The number of phenols is 1. The van der Waals surface area contributed by atoms with Crippen LogP contribution in [0, 0.1) is 0 Å². The lowest BCUT2D eigenvalue weighted by Crippen LogP contribution is -2.44. The predicted molar refractivity (Wildman–Crippen MR) is 111 cm³/mol. The first kappa shape index (κ1) is 19.3. The Labute approximate surface area is 173 Å². The van der Waals surface area contributed by atoms with E-state index >= 15 is 0 Å². The zero-order valence-corrected chi connectivity index (χ0v) is 16.2. The molecule has 152 valence electrons. The number of nitrogens with zero attached hydrogens (tertiary/aromatic N) is 1. The highest BCUT2D eigenvalue weighted by atomic mass is 16.6. The van der Waals surface area contributed by atoms with Gasteiger partial charge in [0.2, 0.25) is 6.10 Å². The van der Waals surface area contributed by atoms with Gasteiger partial charge in [-0.1, -0.05) is 42.5 Å². The van der Waals surface area contributed by atoms with Crippen molar-refractivity contribution in [1.82, 2.24) is 5.43 Å². The molecule has 2 atom stereocenters. The second kappa shape index (κ2) is 8.57. The fraction of sp³-hybridized carbons (Fsp3) is 0.130. The molecule has 0 fully saturated rings. The van der Waals surface area contributed by atoms with Crippen molar-refractivity contribution in [2.45, 2.75) is 12.2 Å². The average molecular weight is 404 g/mol. The number of aromatic hydroxyl groups is 1. The van der Waals surface area contributed by atoms with E-state index in [0.29, 0.717) is 22.8 Å². The lowest BCUT2D eigenvalue weighted by Gasteiger charge is -2.32. The first-order valence-electron chi connectivity index (χ1n) is 9.33. The lowest BCUT2D eigenvalue weighted by atomic mass is 10.0. The third kappa shape index (κ3) is 4.05. The largest absolute Gasteiger partial charge is 0.504 e. The molecule has 1 amide bonds. The Hall–Kier alpha value is -4.00. The Morgan fingerprint density at radius 2 is 1.73 bits per heavy atom. The van der Waals surface area contributed by atoms with E-state index in [9.17, 15) is 9.90 Å². The molecule has 3 aromatic carbocycles. The number of carbonyl (C=O) groups is 1. The number of nitrogens with one attached hydrogen (secondary N) is 1. The monoisotopic (exact) mass is 404 g/mol. The molecule has 0 radical (unpaired) electrons. The van der Waals surface area contributed by atoms with E-state index < -0.39 is 18.1 Å². The summed E-state index contributed by atoms with van der Waals surface area (Å²) in [6.07, 6.45) is -0.0893. The van der Waals surface area contributed by atoms with Crippen LogP contribution in [0.15, 0.2) is 77.9 Å². The molecule has 4 rings (SSSR count). The number of amides is 1. The van der Waals surface area contributed by atoms with E-state index in [1.807, 2.05) is 42.5 Å². The smallest absolute Gasteiger partial charge is 0.285 e. The van der Waals surface area contributed by atoms with Crippen LogP contribution < -0.4 is 19.6 Å². The zero-order chi connectivity index (χ0) is 20.9. The number of hydrogen-bond donors (Lipinski definition) is 2. The summed E-state index contributed by atoms with van der Waals surface area (Å²) in [5.41, 5.74) is 3.97. The normalized spacial score (nSPS) is 17.5. The van der Waals surface area contributed by atoms with Crippen molar-refractivity contribution in [1.29, 1.82) is 0 Å². The molecule has 2 N–H and O–H groups in total. The van der Waals surface area contributed by atoms with Crippen molar-refractivity contribution >= 4 is 12.1 Å². The number of methoxy groups -OCH3 is 1. The minimum atomic E-state index is -0.922. The molecule has 7 heteroatoms. The van der Waals surface area contributed by atoms with Gasteiger partial charge in [0.15, 0.2) is 29.1 Å². The minimum Gasteiger partial charge on any atom is -0.504 e. The minimum absolute atomic E-state index is 0.0239. The standard InChI is InChI=1S/C23H20N2O5/c1-28-20-13-15(11-12-17(20)26)14-24-25-23(27)22-21(16-7-3-2-4-8-16)29-18-9-5-6-10-19(18)30-22/h2-14,21-22,26H,1H3,(H,25,27)/b24-14-/t21-,22+/m0/s1. The summed E-state index contributed by atoms with van der Waals surface area (Å²) >= 11 is 0. The number of hydrogen-bond acceptors (Lipinski definition) is 6. The number of benzene rings is 3. The van der Waals surface area contributed by atoms with Crippen LogP contribution in [0.4, 0.5) is 0 Å². The van der Waals surface area contributed by atoms with Crippen LogP contribution in [0.5, 0.6) is 23.0 Å². The Balaban J connectivity index is 1.53. The van der Waals surface area contributed by atoms with E-state index in [2.05, 4.69) is 10.5 Å². The van der Waals surface area contributed by atoms with Crippen molar-refractivity contribution in [3.8, 4) is 23.0 Å². The Bertz CT molecular complexity index is 1070. The van der Waals surface area contributed by atoms with Crippen molar-refractivity contribution in [3.05, 3.63) is 83.9 Å². The third-order valence-corrected chi connectivity index (χ3v) is 4.61. The molecule has 0 aliphatic carbocycles. The third-order valence-electron chi connectivity index (χ3n) is 4.61. The van der Waals surface area contributed by atoms with Gasteiger partial charge in [0.05, 0.1) is 13.3 Å². The molecule has 0 saturated carbocycles. The van der Waals surface area contributed by atoms with Crippen LogP contribution in [0.3, 0.4) is 0 Å². The SMILES string of the molecule is COc1cc(/C=N\NC(=O)[C@@H]2Oc3ccccc3O[C@H]2c2ccccc2)ccc1O. The van der Waals surface area contributed by atoms with Crippen LogP contribution in [-0.4, -0.2) is 30.4 Å². The van der Waals surface area contributed by atoms with Gasteiger partial charge in [-0.3, -0.25) is 4.79 Å². The Morgan fingerprint density at radius 1 is 1.03 bits per heavy atom. The predicted octanol–water partition coefficient (Wildman–Crippen LogP) is 3.43. The summed E-state index contributed by atoms with van der Waals surface area (Å²) in [6.45, 7) is 0. The van der Waals surface area contributed by atoms with Gasteiger partial charge in [-0.15, -0.1) is 0 Å². The maximum Gasteiger partial charge on any atom is 0.285 e. The average Bonchev–Trinajstić information content (AvgIpc) is 2.79. The van der Waals surface area contributed by atoms with Crippen molar-refractivity contribution in [3.63, 3.8) is 0 Å². The summed E-state index contributed by atoms with van der Waals surface area (Å²) in [5, 5.41) is 13.7. The molecule has 0 bridgehead atoms. The van der Waals surface area contributed by atoms with Crippen molar-refractivity contribution in [2.75, 3.05) is 7.11 Å². The molecule has 0 aromatic heterocycles. The molecule has 0 saturated heterocycles. The second-order valence-electron chi connectivity index (χ2n) is 6.60. The van der Waals surface area contributed by atoms with Crippen LogP contribution in [0.25, 0.3) is 0 Å². The number of hydrazone groups is 1. The molecule has 30 heavy (non-hydrogen) atoms. The van der Waals surface area contributed by atoms with E-state index in [4.69, 9.17) is 14.2 Å². The fourth-order valence-corrected chi connectivity index (χ4v) is 3.13. The lowest BCUT2D eigenvalue weighted by molar-refractivity contribution is -0.134. The van der Waals surface area contributed by atoms with Crippen LogP contribution in [-0.2, 0) is 4.79 Å². The zero-order valence-electron chi connectivity index (χ0n) is 16.2. The first-order valence-corrected chi connectivity index (χ1v) is 9.33. The quantitative estimate of drug-likeness (QED) is 0.502. The molecule has 7 nitrogen and oxygen atoms in total. The molecule has 0 spiro atoms. The molecule has 0 unspecified atom stereocenters. The van der Waals surface area contributed by atoms with Gasteiger partial charge < -0.3 is 19.3 Å². The van der Waals surface area contributed by atoms with Gasteiger partial charge >= 0.3 is 0 Å². The molecule has 1 aliphatic heterocycles. The van der Waals surface area contributed by atoms with Gasteiger partial charge in [-0.05, 0) is 41.5 Å². The molecule has 3 aromatic rings. The Morgan fingerprint density at radius 3 is 2.47 bits per heavy atom. The summed E-state index contributed by atoms with van der Waals surface area (Å²) in [4.78, 5) is 12.9. The highest BCUT2D eigenvalue weighted by molar-refractivity contribution is 5.86. The number of para-hydroxylation sites is 2. The van der Waals surface area contributed by atoms with Gasteiger partial charge in [0, 0.05) is 0 Å². The maximum absolute atomic E-state index is 12.9. The van der Waals surface area contributed by atoms with Crippen LogP contribution in [0.1, 0.15) is 17.2 Å². The van der Waals surface area contributed by atoms with Gasteiger partial charge in [-0.25, -0.2) is 5.43 Å². The molecular weight excluding hydrogens is 384 g/mol. The van der Waals surface area contributed by atoms with Crippen LogP contribution >= 0.6 is 0 Å². The number of ether oxygens (including phenoxy) is 3. The van der Waals surface area contributed by atoms with Crippen LogP contribution in [0.2, 0.25) is 0 Å². The van der Waals surface area contributed by atoms with E-state index in [-0.39, 0.29) is 5.75 Å². The summed E-state index contributed by atoms with van der Waals surface area (Å²) in [7, 11) is 1.46. The number of phenolic OH excluding ortho intramolecular Hbond substituents is 1. The van der Waals surface area contributed by atoms with E-state index in [1.165, 1.54) is 19.4 Å². The Kier molecular flexibility index (Phi) is 5.52. The summed E-state index contributed by atoms with van der Waals surface area (Å²) in [5.74, 6) is 0.971. The fourth-order valence-electron chi connectivity index (χ4n) is 3.13. The number of rotatable bonds is 5. The second-order valence-corrected chi connectivity index (χ2v) is 6.60. The first-order chi connectivity index (χ1) is 14.7. The van der Waals surface area contributed by atoms with Gasteiger partial charge in [-0.2, -0.15) is 5.10 Å². The summed E-state index contributed by atoms with van der Waals surface area (Å²) in [6, 6.07) is 21.4. The van der Waals surface area contributed by atoms with Gasteiger partial charge in [0.1, 0.15) is 0 Å². The van der Waals surface area contributed by atoms with E-state index in [0.717, 1.165) is 5.56 Å². The number of fused-ring (bicyclic) bond motifs is 1. The molecular formula is C23H20N2O5.